The SMILES string of the molecule is COC(=O)N[C@H](C(=O)N1C[C@@H](C)C[C@H]1c1ncc(-c2ccc(-c3cc(Cl)c(NC(=O)c4ccc(NCCNC(=O)C(C)(C)C)nc4)cc3OC(F)(F)F)cc2)[nH]1)C1CCOCC1. The lowest BCUT2D eigenvalue weighted by Crippen LogP contribution is -2.53. The molecule has 0 aliphatic carbocycles. The second-order valence-corrected chi connectivity index (χ2v) is 16.8. The number of likely N-dealkylation sites (tertiary alicyclic amines) is 1. The summed E-state index contributed by atoms with van der Waals surface area (Å²) in [6.45, 7) is 9.65. The van der Waals surface area contributed by atoms with E-state index in [-0.39, 0.29) is 45.5 Å². The molecule has 332 valence electrons. The van der Waals surface area contributed by atoms with Gasteiger partial charge in [0.15, 0.2) is 0 Å². The summed E-state index contributed by atoms with van der Waals surface area (Å²) >= 11 is 6.55. The number of hydrogen-bond acceptors (Lipinski definition) is 10. The third-order valence-electron chi connectivity index (χ3n) is 10.6. The van der Waals surface area contributed by atoms with Gasteiger partial charge in [0.05, 0.1) is 41.3 Å². The van der Waals surface area contributed by atoms with Crippen LogP contribution in [0.5, 0.6) is 5.75 Å². The maximum atomic E-state index is 14.1. The fraction of sp³-hybridized carbons (Fsp3) is 0.442. The summed E-state index contributed by atoms with van der Waals surface area (Å²) in [6.07, 6.45) is -0.970. The number of alkyl carbamates (subject to hydrolysis) is 1. The summed E-state index contributed by atoms with van der Waals surface area (Å²) in [5.41, 5.74) is 1.11. The second kappa shape index (κ2) is 19.4. The molecule has 0 bridgehead atoms. The standard InChI is InChI=1S/C43H50ClF3N8O7/c1-24-18-33(55(23-24)39(57)36(54-41(59)60-5)27-12-16-61-17-13-27)37-51-22-32(52-37)26-8-6-25(7-9-26)29-19-30(44)31(20-34(29)62-43(45,46)47)53-38(56)28-10-11-35(50-21-28)48-14-15-49-40(58)42(2,3)4/h6-11,19-22,24,27,33,36H,12-18,23H2,1-5H3,(H,48,50)(H,49,58)(H,51,52)(H,53,56)(H,54,59)/t24-,33-,36-/m0/s1. The lowest BCUT2D eigenvalue weighted by molar-refractivity contribution is -0.274. The van der Waals surface area contributed by atoms with E-state index in [1.54, 1.807) is 41.4 Å². The molecule has 15 nitrogen and oxygen atoms in total. The van der Waals surface area contributed by atoms with Gasteiger partial charge < -0.3 is 45.4 Å². The molecule has 4 amide bonds. The minimum atomic E-state index is -5.06. The molecule has 2 aliphatic rings. The number of nitrogens with one attached hydrogen (secondary N) is 5. The topological polar surface area (TPSA) is 189 Å². The molecule has 0 radical (unpaired) electrons. The number of halogens is 4. The number of imidazole rings is 1. The summed E-state index contributed by atoms with van der Waals surface area (Å²) in [6, 6.07) is 10.7. The summed E-state index contributed by atoms with van der Waals surface area (Å²) < 4.78 is 55.9. The second-order valence-electron chi connectivity index (χ2n) is 16.4. The maximum Gasteiger partial charge on any atom is 0.573 e. The van der Waals surface area contributed by atoms with Gasteiger partial charge in [-0.2, -0.15) is 0 Å². The number of aromatic amines is 1. The number of rotatable bonds is 13. The molecular formula is C43H50ClF3N8O7. The first-order valence-corrected chi connectivity index (χ1v) is 20.5. The molecule has 62 heavy (non-hydrogen) atoms. The van der Waals surface area contributed by atoms with E-state index in [0.717, 1.165) is 6.07 Å². The number of alkyl halides is 3. The van der Waals surface area contributed by atoms with E-state index in [2.05, 4.69) is 41.0 Å². The van der Waals surface area contributed by atoms with Crippen molar-refractivity contribution in [2.24, 2.45) is 17.3 Å². The first kappa shape index (κ1) is 45.6. The van der Waals surface area contributed by atoms with Crippen LogP contribution in [-0.4, -0.2) is 96.0 Å². The van der Waals surface area contributed by atoms with Gasteiger partial charge in [0, 0.05) is 56.1 Å². The molecule has 2 aliphatic heterocycles. The number of nitrogens with zero attached hydrogens (tertiary/aromatic N) is 3. The van der Waals surface area contributed by atoms with Crippen LogP contribution in [0.4, 0.5) is 29.5 Å². The molecule has 4 heterocycles. The highest BCUT2D eigenvalue weighted by molar-refractivity contribution is 6.34. The number of hydrogen-bond donors (Lipinski definition) is 5. The largest absolute Gasteiger partial charge is 0.573 e. The van der Waals surface area contributed by atoms with Crippen molar-refractivity contribution in [1.29, 1.82) is 0 Å². The lowest BCUT2D eigenvalue weighted by atomic mass is 9.90. The average Bonchev–Trinajstić information content (AvgIpc) is 3.89. The first-order chi connectivity index (χ1) is 29.4. The van der Waals surface area contributed by atoms with Gasteiger partial charge in [0.1, 0.15) is 23.4 Å². The highest BCUT2D eigenvalue weighted by atomic mass is 35.5. The Morgan fingerprint density at radius 1 is 0.984 bits per heavy atom. The highest BCUT2D eigenvalue weighted by Gasteiger charge is 2.42. The molecule has 2 fully saturated rings. The van der Waals surface area contributed by atoms with Crippen LogP contribution in [0, 0.1) is 17.3 Å². The number of methoxy groups -OCH3 is 1. The van der Waals surface area contributed by atoms with Crippen LogP contribution in [0.3, 0.4) is 0 Å². The van der Waals surface area contributed by atoms with Crippen molar-refractivity contribution < 1.29 is 46.6 Å². The third kappa shape index (κ3) is 11.5. The van der Waals surface area contributed by atoms with E-state index >= 15 is 0 Å². The number of carbonyl (C=O) groups excluding carboxylic acids is 4. The molecular weight excluding hydrogens is 833 g/mol. The molecule has 2 aromatic carbocycles. The predicted molar refractivity (Wildman–Crippen MR) is 225 cm³/mol. The number of amides is 4. The Hall–Kier alpha value is -5.88. The normalized spacial score (nSPS) is 17.5. The Balaban J connectivity index is 1.15. The van der Waals surface area contributed by atoms with Crippen LogP contribution >= 0.6 is 11.6 Å². The maximum absolute atomic E-state index is 14.1. The Morgan fingerprint density at radius 2 is 1.69 bits per heavy atom. The van der Waals surface area contributed by atoms with Crippen molar-refractivity contribution in [1.82, 2.24) is 30.5 Å². The van der Waals surface area contributed by atoms with E-state index in [1.807, 2.05) is 27.7 Å². The van der Waals surface area contributed by atoms with Gasteiger partial charge in [-0.25, -0.2) is 14.8 Å². The van der Waals surface area contributed by atoms with Gasteiger partial charge in [-0.15, -0.1) is 13.2 Å². The smallest absolute Gasteiger partial charge is 0.453 e. The molecule has 5 N–H and O–H groups in total. The van der Waals surface area contributed by atoms with Gasteiger partial charge >= 0.3 is 12.5 Å². The molecule has 0 unspecified atom stereocenters. The van der Waals surface area contributed by atoms with E-state index in [4.69, 9.17) is 21.1 Å². The highest BCUT2D eigenvalue weighted by Crippen LogP contribution is 2.41. The summed E-state index contributed by atoms with van der Waals surface area (Å²) in [7, 11) is 1.25. The van der Waals surface area contributed by atoms with Crippen LogP contribution in [-0.2, 0) is 19.1 Å². The first-order valence-electron chi connectivity index (χ1n) is 20.2. The van der Waals surface area contributed by atoms with E-state index in [1.165, 1.54) is 25.4 Å². The molecule has 6 rings (SSSR count). The number of benzene rings is 2. The predicted octanol–water partition coefficient (Wildman–Crippen LogP) is 7.58. The van der Waals surface area contributed by atoms with Crippen LogP contribution in [0.2, 0.25) is 5.02 Å². The zero-order valence-corrected chi connectivity index (χ0v) is 35.7. The van der Waals surface area contributed by atoms with Gasteiger partial charge in [-0.3, -0.25) is 14.4 Å². The number of anilines is 2. The van der Waals surface area contributed by atoms with Crippen molar-refractivity contribution in [2.75, 3.05) is 50.6 Å². The number of pyridine rings is 1. The van der Waals surface area contributed by atoms with Gasteiger partial charge in [-0.05, 0) is 60.4 Å². The molecule has 0 saturated carbocycles. The van der Waals surface area contributed by atoms with Crippen molar-refractivity contribution in [3.05, 3.63) is 77.3 Å². The quantitative estimate of drug-likeness (QED) is 0.0838. The fourth-order valence-corrected chi connectivity index (χ4v) is 7.58. The lowest BCUT2D eigenvalue weighted by Gasteiger charge is -2.34. The zero-order valence-electron chi connectivity index (χ0n) is 35.0. The van der Waals surface area contributed by atoms with Crippen LogP contribution in [0.25, 0.3) is 22.4 Å². The number of aromatic nitrogens is 3. The average molecular weight is 883 g/mol. The summed E-state index contributed by atoms with van der Waals surface area (Å²) in [5, 5.41) is 11.1. The number of carbonyl (C=O) groups is 4. The van der Waals surface area contributed by atoms with Gasteiger partial charge in [-0.1, -0.05) is 63.6 Å². The minimum Gasteiger partial charge on any atom is -0.453 e. The number of H-pyrrole nitrogens is 1. The molecule has 3 atom stereocenters. The Labute approximate surface area is 361 Å². The molecule has 2 aromatic heterocycles. The molecule has 19 heteroatoms. The summed E-state index contributed by atoms with van der Waals surface area (Å²) in [4.78, 5) is 65.5. The fourth-order valence-electron chi connectivity index (χ4n) is 7.37. The van der Waals surface area contributed by atoms with Crippen molar-refractivity contribution in [2.45, 2.75) is 65.4 Å². The monoisotopic (exact) mass is 882 g/mol. The molecule has 2 saturated heterocycles. The van der Waals surface area contributed by atoms with Crippen molar-refractivity contribution >= 4 is 46.9 Å². The Kier molecular flexibility index (Phi) is 14.3. The van der Waals surface area contributed by atoms with Crippen LogP contribution in [0.15, 0.2) is 60.9 Å². The van der Waals surface area contributed by atoms with Crippen LogP contribution in [0.1, 0.15) is 69.2 Å². The molecule has 4 aromatic rings. The van der Waals surface area contributed by atoms with Gasteiger partial charge in [0.2, 0.25) is 11.8 Å². The third-order valence-corrected chi connectivity index (χ3v) is 11.0. The van der Waals surface area contributed by atoms with E-state index in [0.29, 0.717) is 80.6 Å². The Morgan fingerprint density at radius 3 is 2.34 bits per heavy atom. The minimum absolute atomic E-state index is 0.0201. The van der Waals surface area contributed by atoms with E-state index in [9.17, 15) is 32.3 Å². The van der Waals surface area contributed by atoms with Gasteiger partial charge in [0.25, 0.3) is 5.91 Å². The van der Waals surface area contributed by atoms with Crippen LogP contribution < -0.4 is 26.0 Å². The zero-order chi connectivity index (χ0) is 44.8. The molecule has 0 spiro atoms. The van der Waals surface area contributed by atoms with Crippen molar-refractivity contribution in [3.8, 4) is 28.1 Å². The number of ether oxygens (including phenoxy) is 3. The van der Waals surface area contributed by atoms with Crippen molar-refractivity contribution in [3.63, 3.8) is 0 Å². The van der Waals surface area contributed by atoms with E-state index < -0.39 is 41.6 Å². The summed E-state index contributed by atoms with van der Waals surface area (Å²) in [5.74, 6) is -0.557. The Bertz CT molecular complexity index is 2230.